The van der Waals surface area contributed by atoms with Gasteiger partial charge < -0.3 is 4.74 Å². The van der Waals surface area contributed by atoms with Crippen molar-refractivity contribution >= 4 is 0 Å². The quantitative estimate of drug-likeness (QED) is 0.735. The first-order valence-electron chi connectivity index (χ1n) is 6.65. The van der Waals surface area contributed by atoms with Crippen LogP contribution in [-0.4, -0.2) is 14.8 Å². The molecule has 0 saturated heterocycles. The van der Waals surface area contributed by atoms with Crippen LogP contribution in [0.15, 0.2) is 42.7 Å². The molecule has 0 atom stereocenters. The van der Waals surface area contributed by atoms with E-state index in [9.17, 15) is 8.78 Å². The van der Waals surface area contributed by atoms with E-state index in [1.807, 2.05) is 0 Å². The minimum atomic E-state index is -0.406. The van der Waals surface area contributed by atoms with Gasteiger partial charge in [-0.25, -0.2) is 13.5 Å². The lowest BCUT2D eigenvalue weighted by atomic mass is 10.2. The van der Waals surface area contributed by atoms with Crippen LogP contribution in [0.2, 0.25) is 0 Å². The third-order valence-electron chi connectivity index (χ3n) is 3.21. The molecule has 112 valence electrons. The summed E-state index contributed by atoms with van der Waals surface area (Å²) in [5.41, 5.74) is 1.34. The summed E-state index contributed by atoms with van der Waals surface area (Å²) in [6.45, 7) is 3.26. The molecule has 0 radical (unpaired) electrons. The van der Waals surface area contributed by atoms with Gasteiger partial charge in [-0.15, -0.1) is 5.10 Å². The first-order chi connectivity index (χ1) is 10.5. The van der Waals surface area contributed by atoms with Crippen LogP contribution >= 0.6 is 0 Å². The zero-order valence-corrected chi connectivity index (χ0v) is 12.0. The van der Waals surface area contributed by atoms with Crippen molar-refractivity contribution in [3.63, 3.8) is 0 Å². The average Bonchev–Trinajstić information content (AvgIpc) is 2.94. The molecule has 0 aliphatic carbocycles. The fourth-order valence-corrected chi connectivity index (χ4v) is 1.88. The number of hydrogen-bond donors (Lipinski definition) is 0. The Kier molecular flexibility index (Phi) is 3.58. The third kappa shape index (κ3) is 2.81. The molecule has 0 fully saturated rings. The van der Waals surface area contributed by atoms with Crippen LogP contribution in [0.4, 0.5) is 8.78 Å². The molecule has 0 saturated carbocycles. The van der Waals surface area contributed by atoms with Crippen LogP contribution in [0, 0.1) is 25.5 Å². The van der Waals surface area contributed by atoms with Gasteiger partial charge in [-0.05, 0) is 25.5 Å². The minimum absolute atomic E-state index is 0.282. The monoisotopic (exact) mass is 301 g/mol. The van der Waals surface area contributed by atoms with Crippen molar-refractivity contribution in [3.8, 4) is 17.3 Å². The predicted molar refractivity (Wildman–Crippen MR) is 77.3 cm³/mol. The zero-order valence-electron chi connectivity index (χ0n) is 12.0. The SMILES string of the molecule is Cc1ccc(Oc2ccn(-c3cnc(C)c(F)c3)n2)cc1F. The number of nitrogens with zero attached hydrogens (tertiary/aromatic N) is 3. The number of hydrogen-bond acceptors (Lipinski definition) is 3. The van der Waals surface area contributed by atoms with Gasteiger partial charge in [-0.1, -0.05) is 6.07 Å². The van der Waals surface area contributed by atoms with E-state index in [0.717, 1.165) is 0 Å². The lowest BCUT2D eigenvalue weighted by Crippen LogP contribution is -1.99. The maximum absolute atomic E-state index is 13.5. The molecule has 3 aromatic rings. The number of halogens is 2. The van der Waals surface area contributed by atoms with Crippen LogP contribution in [0.25, 0.3) is 5.69 Å². The summed E-state index contributed by atoms with van der Waals surface area (Å²) in [6.07, 6.45) is 3.13. The number of aryl methyl sites for hydroxylation is 2. The Labute approximate surface area is 126 Å². The molecule has 0 N–H and O–H groups in total. The van der Waals surface area contributed by atoms with Gasteiger partial charge in [0.2, 0.25) is 5.88 Å². The summed E-state index contributed by atoms with van der Waals surface area (Å²) in [4.78, 5) is 3.94. The fraction of sp³-hybridized carbons (Fsp3) is 0.125. The molecule has 0 aliphatic rings. The fourth-order valence-electron chi connectivity index (χ4n) is 1.88. The van der Waals surface area contributed by atoms with E-state index in [1.54, 1.807) is 38.2 Å². The molecule has 2 aromatic heterocycles. The second kappa shape index (κ2) is 5.55. The Hall–Kier alpha value is -2.76. The number of ether oxygens (including phenoxy) is 1. The van der Waals surface area contributed by atoms with Crippen molar-refractivity contribution < 1.29 is 13.5 Å². The first kappa shape index (κ1) is 14.2. The largest absolute Gasteiger partial charge is 0.437 e. The van der Waals surface area contributed by atoms with Crippen LogP contribution in [0.5, 0.6) is 11.6 Å². The molecule has 3 rings (SSSR count). The molecular weight excluding hydrogens is 288 g/mol. The molecule has 1 aromatic carbocycles. The highest BCUT2D eigenvalue weighted by atomic mass is 19.1. The molecule has 0 bridgehead atoms. The minimum Gasteiger partial charge on any atom is -0.437 e. The molecule has 22 heavy (non-hydrogen) atoms. The molecule has 0 unspecified atom stereocenters. The summed E-state index contributed by atoms with van der Waals surface area (Å²) >= 11 is 0. The number of pyridine rings is 1. The first-order valence-corrected chi connectivity index (χ1v) is 6.65. The second-order valence-electron chi connectivity index (χ2n) is 4.87. The Morgan fingerprint density at radius 3 is 2.59 bits per heavy atom. The topological polar surface area (TPSA) is 39.9 Å². The van der Waals surface area contributed by atoms with E-state index in [1.165, 1.54) is 23.0 Å². The summed E-state index contributed by atoms with van der Waals surface area (Å²) in [6, 6.07) is 7.52. The van der Waals surface area contributed by atoms with Gasteiger partial charge in [0.15, 0.2) is 0 Å². The molecule has 0 amide bonds. The Balaban J connectivity index is 1.84. The van der Waals surface area contributed by atoms with E-state index in [4.69, 9.17) is 4.74 Å². The van der Waals surface area contributed by atoms with Crippen molar-refractivity contribution in [1.82, 2.24) is 14.8 Å². The van der Waals surface area contributed by atoms with E-state index >= 15 is 0 Å². The average molecular weight is 301 g/mol. The Morgan fingerprint density at radius 1 is 1.05 bits per heavy atom. The number of benzene rings is 1. The molecular formula is C16H13F2N3O. The van der Waals surface area contributed by atoms with Crippen molar-refractivity contribution in [2.45, 2.75) is 13.8 Å². The third-order valence-corrected chi connectivity index (χ3v) is 3.21. The predicted octanol–water partition coefficient (Wildman–Crippen LogP) is 3.95. The lowest BCUT2D eigenvalue weighted by Gasteiger charge is -2.04. The van der Waals surface area contributed by atoms with Gasteiger partial charge in [0.1, 0.15) is 17.4 Å². The van der Waals surface area contributed by atoms with Crippen molar-refractivity contribution in [2.75, 3.05) is 0 Å². The van der Waals surface area contributed by atoms with Crippen LogP contribution in [-0.2, 0) is 0 Å². The van der Waals surface area contributed by atoms with Crippen LogP contribution < -0.4 is 4.74 Å². The van der Waals surface area contributed by atoms with Crippen LogP contribution in [0.1, 0.15) is 11.3 Å². The highest BCUT2D eigenvalue weighted by molar-refractivity contribution is 5.33. The van der Waals surface area contributed by atoms with Gasteiger partial charge >= 0.3 is 0 Å². The molecule has 0 spiro atoms. The number of aromatic nitrogens is 3. The summed E-state index contributed by atoms with van der Waals surface area (Å²) in [7, 11) is 0. The van der Waals surface area contributed by atoms with Crippen molar-refractivity contribution in [1.29, 1.82) is 0 Å². The second-order valence-corrected chi connectivity index (χ2v) is 4.87. The maximum atomic E-state index is 13.5. The van der Waals surface area contributed by atoms with Gasteiger partial charge in [0, 0.05) is 24.4 Å². The number of rotatable bonds is 3. The van der Waals surface area contributed by atoms with E-state index in [-0.39, 0.29) is 11.7 Å². The molecule has 6 heteroatoms. The maximum Gasteiger partial charge on any atom is 0.238 e. The molecule has 2 heterocycles. The summed E-state index contributed by atoms with van der Waals surface area (Å²) in [5.74, 6) is -0.122. The molecule has 0 aliphatic heterocycles. The zero-order chi connectivity index (χ0) is 15.7. The van der Waals surface area contributed by atoms with E-state index in [0.29, 0.717) is 22.7 Å². The van der Waals surface area contributed by atoms with E-state index in [2.05, 4.69) is 10.1 Å². The summed E-state index contributed by atoms with van der Waals surface area (Å²) in [5, 5.41) is 4.16. The van der Waals surface area contributed by atoms with Gasteiger partial charge in [0.25, 0.3) is 0 Å². The van der Waals surface area contributed by atoms with Crippen LogP contribution in [0.3, 0.4) is 0 Å². The van der Waals surface area contributed by atoms with Gasteiger partial charge in [-0.3, -0.25) is 4.98 Å². The highest BCUT2D eigenvalue weighted by Crippen LogP contribution is 2.22. The highest BCUT2D eigenvalue weighted by Gasteiger charge is 2.07. The smallest absolute Gasteiger partial charge is 0.238 e. The Morgan fingerprint density at radius 2 is 1.86 bits per heavy atom. The Bertz CT molecular complexity index is 830. The van der Waals surface area contributed by atoms with Gasteiger partial charge in [0.05, 0.1) is 17.6 Å². The standard InChI is InChI=1S/C16H13F2N3O/c1-10-3-4-13(8-14(10)17)22-16-5-6-21(20-16)12-7-15(18)11(2)19-9-12/h3-9H,1-2H3. The van der Waals surface area contributed by atoms with Gasteiger partial charge in [-0.2, -0.15) is 0 Å². The van der Waals surface area contributed by atoms with Crippen molar-refractivity contribution in [2.24, 2.45) is 0 Å². The normalized spacial score (nSPS) is 10.7. The van der Waals surface area contributed by atoms with Crippen molar-refractivity contribution in [3.05, 3.63) is 65.6 Å². The molecule has 4 nitrogen and oxygen atoms in total. The van der Waals surface area contributed by atoms with E-state index < -0.39 is 5.82 Å². The summed E-state index contributed by atoms with van der Waals surface area (Å²) < 4.78 is 33.9. The lowest BCUT2D eigenvalue weighted by molar-refractivity contribution is 0.452.